The Hall–Kier alpha value is -1.42. The Kier molecular flexibility index (Phi) is 10.3. The van der Waals surface area contributed by atoms with E-state index in [2.05, 4.69) is 11.9 Å². The zero-order valence-electron chi connectivity index (χ0n) is 13.7. The van der Waals surface area contributed by atoms with Crippen molar-refractivity contribution in [1.29, 1.82) is 0 Å². The first-order valence-electron chi connectivity index (χ1n) is 7.80. The van der Waals surface area contributed by atoms with E-state index in [1.165, 1.54) is 4.90 Å². The first-order chi connectivity index (χ1) is 11.6. The number of nitrogens with zero attached hydrogens (tertiary/aromatic N) is 1. The maximum atomic E-state index is 11.8. The van der Waals surface area contributed by atoms with Gasteiger partial charge in [0.05, 0.1) is 31.7 Å². The molecule has 0 aromatic rings. The largest absolute Gasteiger partial charge is 0.379 e. The Bertz CT molecular complexity index is 447. The molecule has 1 fully saturated rings. The number of likely N-dealkylation sites (tertiary alicyclic amines) is 1. The Morgan fingerprint density at radius 1 is 1.38 bits per heavy atom. The highest BCUT2D eigenvalue weighted by molar-refractivity contribution is 7.97. The summed E-state index contributed by atoms with van der Waals surface area (Å²) < 4.78 is 10.4. The van der Waals surface area contributed by atoms with Gasteiger partial charge < -0.3 is 24.5 Å². The molecule has 1 aliphatic heterocycles. The summed E-state index contributed by atoms with van der Waals surface area (Å²) >= 11 is 1.10. The maximum absolute atomic E-state index is 11.8. The van der Waals surface area contributed by atoms with Gasteiger partial charge in [-0.15, -0.1) is 0 Å². The van der Waals surface area contributed by atoms with Crippen molar-refractivity contribution in [3.8, 4) is 0 Å². The molecule has 0 aliphatic carbocycles. The molecule has 1 aliphatic rings. The molecular weight excluding hydrogens is 334 g/mol. The second-order valence-electron chi connectivity index (χ2n) is 5.15. The van der Waals surface area contributed by atoms with Crippen molar-refractivity contribution in [2.45, 2.75) is 24.5 Å². The smallest absolute Gasteiger partial charge is 0.228 e. The summed E-state index contributed by atoms with van der Waals surface area (Å²) in [4.78, 5) is 35.1. The van der Waals surface area contributed by atoms with Crippen LogP contribution in [0.5, 0.6) is 0 Å². The number of ether oxygens (including phenoxy) is 2. The topological polar surface area (TPSA) is 111 Å². The molecule has 2 amide bonds. The lowest BCUT2D eigenvalue weighted by Gasteiger charge is -2.18. The molecule has 136 valence electrons. The molecular formula is C15H25N3O5S. The van der Waals surface area contributed by atoms with Crippen molar-refractivity contribution in [2.24, 2.45) is 5.14 Å². The second kappa shape index (κ2) is 12.0. The molecule has 0 spiro atoms. The number of amides is 2. The summed E-state index contributed by atoms with van der Waals surface area (Å²) in [6.45, 7) is 6.17. The van der Waals surface area contributed by atoms with Crippen LogP contribution >= 0.6 is 11.9 Å². The monoisotopic (exact) mass is 359 g/mol. The predicted molar refractivity (Wildman–Crippen MR) is 91.0 cm³/mol. The first-order valence-corrected chi connectivity index (χ1v) is 8.75. The van der Waals surface area contributed by atoms with Crippen molar-refractivity contribution in [3.63, 3.8) is 0 Å². The fourth-order valence-corrected chi connectivity index (χ4v) is 2.66. The molecule has 24 heavy (non-hydrogen) atoms. The first kappa shape index (κ1) is 20.6. The van der Waals surface area contributed by atoms with Gasteiger partial charge in [0.15, 0.2) is 0 Å². The van der Waals surface area contributed by atoms with Gasteiger partial charge in [-0.25, -0.2) is 0 Å². The van der Waals surface area contributed by atoms with Crippen molar-refractivity contribution >= 4 is 30.0 Å². The van der Waals surface area contributed by atoms with E-state index in [0.717, 1.165) is 18.2 Å². The average Bonchev–Trinajstić information content (AvgIpc) is 2.85. The number of nitrogens with two attached hydrogens (primary N) is 1. The molecule has 0 bridgehead atoms. The Morgan fingerprint density at radius 2 is 2.08 bits per heavy atom. The van der Waals surface area contributed by atoms with E-state index in [-0.39, 0.29) is 23.5 Å². The van der Waals surface area contributed by atoms with Crippen LogP contribution in [0.15, 0.2) is 12.3 Å². The summed E-state index contributed by atoms with van der Waals surface area (Å²) in [6, 6.07) is 0. The second-order valence-corrected chi connectivity index (χ2v) is 5.99. The van der Waals surface area contributed by atoms with Crippen LogP contribution in [0.4, 0.5) is 0 Å². The molecule has 0 aromatic carbocycles. The Balaban J connectivity index is 2.03. The summed E-state index contributed by atoms with van der Waals surface area (Å²) in [5, 5.41) is 8.13. The highest BCUT2D eigenvalue weighted by Gasteiger charge is 2.33. The average molecular weight is 359 g/mol. The van der Waals surface area contributed by atoms with Crippen LogP contribution in [0, 0.1) is 0 Å². The molecule has 1 saturated heterocycles. The SMILES string of the molecule is C=C1C(SN)CC(=O)N1CCC(=O)NCCOCCOCCC=O. The molecule has 1 rings (SSSR count). The molecule has 0 saturated carbocycles. The van der Waals surface area contributed by atoms with Gasteiger partial charge in [0.25, 0.3) is 0 Å². The molecule has 8 nitrogen and oxygen atoms in total. The predicted octanol–water partition coefficient (Wildman–Crippen LogP) is -0.164. The van der Waals surface area contributed by atoms with E-state index >= 15 is 0 Å². The van der Waals surface area contributed by atoms with E-state index in [1.54, 1.807) is 0 Å². The zero-order chi connectivity index (χ0) is 17.8. The number of nitrogens with one attached hydrogen (secondary N) is 1. The minimum Gasteiger partial charge on any atom is -0.379 e. The van der Waals surface area contributed by atoms with E-state index in [4.69, 9.17) is 14.6 Å². The van der Waals surface area contributed by atoms with Gasteiger partial charge in [-0.2, -0.15) is 0 Å². The van der Waals surface area contributed by atoms with E-state index in [1.807, 2.05) is 0 Å². The van der Waals surface area contributed by atoms with Gasteiger partial charge in [0.2, 0.25) is 11.8 Å². The standard InChI is InChI=1S/C15H25N3O5S/c1-12-13(24-16)11-15(21)18(12)5-3-14(20)17-4-8-23-10-9-22-7-2-6-19/h6,13H,1-5,7-11,16H2,(H,17,20). The summed E-state index contributed by atoms with van der Waals surface area (Å²) in [5.74, 6) is -0.195. The van der Waals surface area contributed by atoms with Crippen LogP contribution in [-0.4, -0.2) is 67.8 Å². The number of rotatable bonds is 13. The van der Waals surface area contributed by atoms with Gasteiger partial charge in [-0.05, 0) is 0 Å². The number of carbonyl (C=O) groups is 3. The highest BCUT2D eigenvalue weighted by Crippen LogP contribution is 2.28. The van der Waals surface area contributed by atoms with Crippen LogP contribution in [0.3, 0.4) is 0 Å². The van der Waals surface area contributed by atoms with Gasteiger partial charge in [0.1, 0.15) is 6.29 Å². The van der Waals surface area contributed by atoms with Gasteiger partial charge >= 0.3 is 0 Å². The van der Waals surface area contributed by atoms with Crippen LogP contribution in [0.1, 0.15) is 19.3 Å². The third-order valence-electron chi connectivity index (χ3n) is 3.43. The molecule has 1 heterocycles. The molecule has 0 aromatic heterocycles. The lowest BCUT2D eigenvalue weighted by Crippen LogP contribution is -2.32. The van der Waals surface area contributed by atoms with Crippen molar-refractivity contribution in [2.75, 3.05) is 39.5 Å². The molecule has 3 N–H and O–H groups in total. The highest BCUT2D eigenvalue weighted by atomic mass is 32.2. The fourth-order valence-electron chi connectivity index (χ4n) is 2.13. The minimum atomic E-state index is -0.148. The van der Waals surface area contributed by atoms with E-state index in [9.17, 15) is 14.4 Å². The van der Waals surface area contributed by atoms with E-state index < -0.39 is 0 Å². The number of hydrogen-bond acceptors (Lipinski definition) is 7. The lowest BCUT2D eigenvalue weighted by atomic mass is 10.3. The van der Waals surface area contributed by atoms with Crippen molar-refractivity contribution in [3.05, 3.63) is 12.3 Å². The van der Waals surface area contributed by atoms with Gasteiger partial charge in [0, 0.05) is 38.0 Å². The van der Waals surface area contributed by atoms with E-state index in [0.29, 0.717) is 58.1 Å². The van der Waals surface area contributed by atoms with Crippen molar-refractivity contribution in [1.82, 2.24) is 10.2 Å². The van der Waals surface area contributed by atoms with Crippen LogP contribution in [0.25, 0.3) is 0 Å². The Morgan fingerprint density at radius 3 is 2.71 bits per heavy atom. The molecule has 9 heteroatoms. The van der Waals surface area contributed by atoms with Crippen molar-refractivity contribution < 1.29 is 23.9 Å². The summed E-state index contributed by atoms with van der Waals surface area (Å²) in [5.41, 5.74) is 0.665. The number of hydrogen-bond donors (Lipinski definition) is 2. The van der Waals surface area contributed by atoms with Crippen LogP contribution in [0.2, 0.25) is 0 Å². The van der Waals surface area contributed by atoms with Crippen LogP contribution < -0.4 is 10.5 Å². The molecule has 1 atom stereocenters. The quantitative estimate of drug-likeness (QED) is 0.267. The van der Waals surface area contributed by atoms with Gasteiger partial charge in [-0.3, -0.25) is 14.7 Å². The third-order valence-corrected chi connectivity index (χ3v) is 4.19. The molecule has 1 unspecified atom stereocenters. The zero-order valence-corrected chi connectivity index (χ0v) is 14.5. The summed E-state index contributed by atoms with van der Waals surface area (Å²) in [7, 11) is 0. The van der Waals surface area contributed by atoms with Gasteiger partial charge in [-0.1, -0.05) is 18.5 Å². The Labute approximate surface area is 146 Å². The maximum Gasteiger partial charge on any atom is 0.228 e. The van der Waals surface area contributed by atoms with Crippen LogP contribution in [-0.2, 0) is 23.9 Å². The summed E-state index contributed by atoms with van der Waals surface area (Å²) in [6.07, 6.45) is 1.73. The minimum absolute atomic E-state index is 0.0475. The lowest BCUT2D eigenvalue weighted by molar-refractivity contribution is -0.127. The fraction of sp³-hybridized carbons (Fsp3) is 0.667. The molecule has 0 radical (unpaired) electrons. The normalized spacial score (nSPS) is 17.4. The number of carbonyl (C=O) groups excluding carboxylic acids is 3. The third kappa shape index (κ3) is 7.43. The number of aldehydes is 1.